The summed E-state index contributed by atoms with van der Waals surface area (Å²) in [6.45, 7) is 2.96. The molecule has 1 saturated heterocycles. The maximum atomic E-state index is 12.3. The highest BCUT2D eigenvalue weighted by Gasteiger charge is 2.21. The van der Waals surface area contributed by atoms with Gasteiger partial charge in [-0.1, -0.05) is 28.1 Å². The molecule has 1 amide bonds. The second kappa shape index (κ2) is 8.54. The Balaban J connectivity index is 1.71. The molecule has 0 aliphatic carbocycles. The largest absolute Gasteiger partial charge is 0.343 e. The van der Waals surface area contributed by atoms with E-state index in [0.717, 1.165) is 49.3 Å². The molecular weight excluding hydrogens is 328 g/mol. The molecule has 1 N–H and O–H groups in total. The average Bonchev–Trinajstić information content (AvgIpc) is 2.52. The Morgan fingerprint density at radius 1 is 1.29 bits per heavy atom. The zero-order valence-corrected chi connectivity index (χ0v) is 14.4. The highest BCUT2D eigenvalue weighted by atomic mass is 79.9. The van der Waals surface area contributed by atoms with Crippen molar-refractivity contribution in [1.29, 1.82) is 0 Å². The molecule has 1 aliphatic rings. The van der Waals surface area contributed by atoms with Gasteiger partial charge in [0.1, 0.15) is 0 Å². The molecule has 21 heavy (non-hydrogen) atoms. The van der Waals surface area contributed by atoms with E-state index in [1.54, 1.807) is 0 Å². The lowest BCUT2D eigenvalue weighted by atomic mass is 9.93. The molecule has 0 spiro atoms. The minimum atomic E-state index is 0.310. The van der Waals surface area contributed by atoms with Crippen molar-refractivity contribution in [3.63, 3.8) is 0 Å². The number of aryl methyl sites for hydroxylation is 1. The predicted octanol–water partition coefficient (Wildman–Crippen LogP) is 3.23. The highest BCUT2D eigenvalue weighted by Crippen LogP contribution is 2.21. The number of rotatable bonds is 6. The first-order valence-corrected chi connectivity index (χ1v) is 8.65. The number of benzene rings is 1. The highest BCUT2D eigenvalue weighted by molar-refractivity contribution is 9.10. The minimum absolute atomic E-state index is 0.310. The maximum Gasteiger partial charge on any atom is 0.222 e. The van der Waals surface area contributed by atoms with Gasteiger partial charge in [0.05, 0.1) is 0 Å². The maximum absolute atomic E-state index is 12.3. The zero-order chi connectivity index (χ0) is 15.1. The first-order chi connectivity index (χ1) is 10.2. The molecule has 1 fully saturated rings. The van der Waals surface area contributed by atoms with Gasteiger partial charge in [0.2, 0.25) is 5.91 Å². The monoisotopic (exact) mass is 352 g/mol. The number of halogens is 1. The first kappa shape index (κ1) is 16.5. The second-order valence-corrected chi connectivity index (χ2v) is 6.76. The van der Waals surface area contributed by atoms with Crippen LogP contribution >= 0.6 is 15.9 Å². The van der Waals surface area contributed by atoms with Gasteiger partial charge in [0.25, 0.3) is 0 Å². The normalized spacial score (nSPS) is 16.2. The summed E-state index contributed by atoms with van der Waals surface area (Å²) in [5.74, 6) is 1.10. The van der Waals surface area contributed by atoms with Crippen LogP contribution in [-0.4, -0.2) is 37.5 Å². The Hall–Kier alpha value is -0.870. The van der Waals surface area contributed by atoms with E-state index in [4.69, 9.17) is 0 Å². The fourth-order valence-electron chi connectivity index (χ4n) is 2.88. The van der Waals surface area contributed by atoms with Crippen LogP contribution in [0.2, 0.25) is 0 Å². The van der Waals surface area contributed by atoms with Crippen molar-refractivity contribution in [1.82, 2.24) is 10.2 Å². The van der Waals surface area contributed by atoms with Crippen molar-refractivity contribution in [3.05, 3.63) is 34.3 Å². The Morgan fingerprint density at radius 2 is 1.95 bits per heavy atom. The fourth-order valence-corrected chi connectivity index (χ4v) is 3.14. The summed E-state index contributed by atoms with van der Waals surface area (Å²) in [6, 6.07) is 8.24. The Bertz CT molecular complexity index is 439. The van der Waals surface area contributed by atoms with Crippen molar-refractivity contribution in [3.8, 4) is 0 Å². The number of hydrogen-bond acceptors (Lipinski definition) is 2. The standard InChI is InChI=1S/C17H25BrN2O/c1-19-11-8-15-9-12-20(13-10-15)17(21)7-4-14-2-5-16(18)6-3-14/h2-3,5-6,15,19H,4,7-13H2,1H3. The van der Waals surface area contributed by atoms with E-state index in [1.165, 1.54) is 12.0 Å². The molecular formula is C17H25BrN2O. The number of likely N-dealkylation sites (tertiary alicyclic amines) is 1. The molecule has 0 radical (unpaired) electrons. The average molecular weight is 353 g/mol. The predicted molar refractivity (Wildman–Crippen MR) is 90.3 cm³/mol. The van der Waals surface area contributed by atoms with E-state index in [1.807, 2.05) is 19.2 Å². The van der Waals surface area contributed by atoms with Crippen LogP contribution in [-0.2, 0) is 11.2 Å². The lowest BCUT2D eigenvalue weighted by Crippen LogP contribution is -2.39. The van der Waals surface area contributed by atoms with Gasteiger partial charge in [-0.15, -0.1) is 0 Å². The quantitative estimate of drug-likeness (QED) is 0.852. The molecule has 1 aromatic rings. The van der Waals surface area contributed by atoms with Crippen molar-refractivity contribution < 1.29 is 4.79 Å². The summed E-state index contributed by atoms with van der Waals surface area (Å²) in [6.07, 6.45) is 5.02. The van der Waals surface area contributed by atoms with Crippen LogP contribution in [0.3, 0.4) is 0 Å². The number of carbonyl (C=O) groups excluding carboxylic acids is 1. The van der Waals surface area contributed by atoms with Crippen molar-refractivity contribution in [2.45, 2.75) is 32.1 Å². The first-order valence-electron chi connectivity index (χ1n) is 7.86. The molecule has 0 bridgehead atoms. The van der Waals surface area contributed by atoms with Crippen LogP contribution in [0.15, 0.2) is 28.7 Å². The van der Waals surface area contributed by atoms with Crippen LogP contribution in [0.4, 0.5) is 0 Å². The number of nitrogens with zero attached hydrogens (tertiary/aromatic N) is 1. The molecule has 0 aromatic heterocycles. The van der Waals surface area contributed by atoms with Gasteiger partial charge in [-0.25, -0.2) is 0 Å². The molecule has 1 aliphatic heterocycles. The Labute approximate surface area is 136 Å². The lowest BCUT2D eigenvalue weighted by Gasteiger charge is -2.32. The SMILES string of the molecule is CNCCC1CCN(C(=O)CCc2ccc(Br)cc2)CC1. The van der Waals surface area contributed by atoms with Gasteiger partial charge in [0.15, 0.2) is 0 Å². The molecule has 116 valence electrons. The third kappa shape index (κ3) is 5.44. The van der Waals surface area contributed by atoms with Gasteiger partial charge in [0, 0.05) is 24.0 Å². The van der Waals surface area contributed by atoms with Crippen LogP contribution in [0.5, 0.6) is 0 Å². The third-order valence-electron chi connectivity index (χ3n) is 4.31. The fraction of sp³-hybridized carbons (Fsp3) is 0.588. The van der Waals surface area contributed by atoms with Crippen LogP contribution in [0, 0.1) is 5.92 Å². The van der Waals surface area contributed by atoms with E-state index in [2.05, 4.69) is 38.3 Å². The minimum Gasteiger partial charge on any atom is -0.343 e. The summed E-state index contributed by atoms with van der Waals surface area (Å²) in [5, 5.41) is 3.21. The number of carbonyl (C=O) groups is 1. The molecule has 1 aromatic carbocycles. The number of piperidine rings is 1. The number of nitrogens with one attached hydrogen (secondary N) is 1. The van der Waals surface area contributed by atoms with E-state index in [0.29, 0.717) is 12.3 Å². The summed E-state index contributed by atoms with van der Waals surface area (Å²) < 4.78 is 1.08. The third-order valence-corrected chi connectivity index (χ3v) is 4.84. The van der Waals surface area contributed by atoms with Crippen LogP contribution in [0.25, 0.3) is 0 Å². The van der Waals surface area contributed by atoms with E-state index >= 15 is 0 Å². The van der Waals surface area contributed by atoms with Gasteiger partial charge in [-0.2, -0.15) is 0 Å². The Morgan fingerprint density at radius 3 is 2.57 bits per heavy atom. The van der Waals surface area contributed by atoms with E-state index in [-0.39, 0.29) is 0 Å². The van der Waals surface area contributed by atoms with E-state index < -0.39 is 0 Å². The molecule has 0 atom stereocenters. The molecule has 0 unspecified atom stereocenters. The van der Waals surface area contributed by atoms with Gasteiger partial charge in [-0.3, -0.25) is 4.79 Å². The van der Waals surface area contributed by atoms with Crippen molar-refractivity contribution in [2.75, 3.05) is 26.7 Å². The van der Waals surface area contributed by atoms with Crippen molar-refractivity contribution in [2.24, 2.45) is 5.92 Å². The van der Waals surface area contributed by atoms with Gasteiger partial charge in [-0.05, 0) is 62.9 Å². The molecule has 0 saturated carbocycles. The molecule has 4 heteroatoms. The number of hydrogen-bond donors (Lipinski definition) is 1. The summed E-state index contributed by atoms with van der Waals surface area (Å²) >= 11 is 3.43. The molecule has 1 heterocycles. The molecule has 3 nitrogen and oxygen atoms in total. The Kier molecular flexibility index (Phi) is 6.71. The zero-order valence-electron chi connectivity index (χ0n) is 12.8. The second-order valence-electron chi connectivity index (χ2n) is 5.84. The lowest BCUT2D eigenvalue weighted by molar-refractivity contribution is -0.132. The van der Waals surface area contributed by atoms with Crippen LogP contribution < -0.4 is 5.32 Å². The number of amides is 1. The van der Waals surface area contributed by atoms with E-state index in [9.17, 15) is 4.79 Å². The topological polar surface area (TPSA) is 32.3 Å². The van der Waals surface area contributed by atoms with Gasteiger partial charge >= 0.3 is 0 Å². The smallest absolute Gasteiger partial charge is 0.222 e. The van der Waals surface area contributed by atoms with Crippen molar-refractivity contribution >= 4 is 21.8 Å². The summed E-state index contributed by atoms with van der Waals surface area (Å²) in [7, 11) is 2.00. The summed E-state index contributed by atoms with van der Waals surface area (Å²) in [5.41, 5.74) is 1.23. The van der Waals surface area contributed by atoms with Gasteiger partial charge < -0.3 is 10.2 Å². The van der Waals surface area contributed by atoms with Crippen LogP contribution in [0.1, 0.15) is 31.2 Å². The molecule has 2 rings (SSSR count). The summed E-state index contributed by atoms with van der Waals surface area (Å²) in [4.78, 5) is 14.3.